The summed E-state index contributed by atoms with van der Waals surface area (Å²) in [6.07, 6.45) is 0. The molecule has 6 heteroatoms. The highest BCUT2D eigenvalue weighted by molar-refractivity contribution is 7.99. The molecular formula is C7H9N3O2S. The van der Waals surface area contributed by atoms with Crippen molar-refractivity contribution >= 4 is 11.8 Å². The second kappa shape index (κ2) is 2.55. The molecule has 1 aromatic heterocycles. The van der Waals surface area contributed by atoms with Crippen molar-refractivity contribution in [3.05, 3.63) is 16.0 Å². The number of aryl methyl sites for hydroxylation is 1. The SMILES string of the molecule is Cc1nn2c(nc1=O)SC[C@@]2(C)O. The van der Waals surface area contributed by atoms with E-state index in [0.717, 1.165) is 0 Å². The molecular weight excluding hydrogens is 190 g/mol. The van der Waals surface area contributed by atoms with E-state index in [2.05, 4.69) is 10.1 Å². The van der Waals surface area contributed by atoms with Crippen molar-refractivity contribution in [3.63, 3.8) is 0 Å². The smallest absolute Gasteiger partial charge is 0.295 e. The van der Waals surface area contributed by atoms with Crippen LogP contribution in [0.4, 0.5) is 0 Å². The zero-order valence-electron chi connectivity index (χ0n) is 7.31. The predicted octanol–water partition coefficient (Wildman–Crippen LogP) is -0.283. The predicted molar refractivity (Wildman–Crippen MR) is 47.6 cm³/mol. The third-order valence-corrected chi connectivity index (χ3v) is 3.08. The van der Waals surface area contributed by atoms with Crippen LogP contribution in [-0.2, 0) is 5.72 Å². The van der Waals surface area contributed by atoms with Gasteiger partial charge in [0.2, 0.25) is 0 Å². The van der Waals surface area contributed by atoms with E-state index in [4.69, 9.17) is 0 Å². The van der Waals surface area contributed by atoms with Gasteiger partial charge in [-0.05, 0) is 13.8 Å². The Morgan fingerprint density at radius 1 is 1.69 bits per heavy atom. The quantitative estimate of drug-likeness (QED) is 0.622. The molecule has 1 atom stereocenters. The number of hydrogen-bond donors (Lipinski definition) is 1. The molecule has 1 aliphatic rings. The van der Waals surface area contributed by atoms with Gasteiger partial charge >= 0.3 is 0 Å². The summed E-state index contributed by atoms with van der Waals surface area (Å²) in [7, 11) is 0. The Morgan fingerprint density at radius 2 is 2.38 bits per heavy atom. The molecule has 0 radical (unpaired) electrons. The summed E-state index contributed by atoms with van der Waals surface area (Å²) in [4.78, 5) is 14.9. The summed E-state index contributed by atoms with van der Waals surface area (Å²) in [5, 5.41) is 14.3. The summed E-state index contributed by atoms with van der Waals surface area (Å²) in [5.74, 6) is 0.482. The Kier molecular flexibility index (Phi) is 1.71. The van der Waals surface area contributed by atoms with Crippen LogP contribution in [0.1, 0.15) is 12.6 Å². The highest BCUT2D eigenvalue weighted by atomic mass is 32.2. The van der Waals surface area contributed by atoms with Crippen molar-refractivity contribution in [2.24, 2.45) is 0 Å². The number of aliphatic hydroxyl groups is 1. The normalized spacial score (nSPS) is 26.1. The molecule has 0 saturated carbocycles. The maximum atomic E-state index is 11.1. The van der Waals surface area contributed by atoms with Gasteiger partial charge in [0, 0.05) is 0 Å². The topological polar surface area (TPSA) is 68.0 Å². The molecule has 0 fully saturated rings. The molecule has 0 aromatic carbocycles. The number of hydrogen-bond acceptors (Lipinski definition) is 5. The van der Waals surface area contributed by atoms with Crippen molar-refractivity contribution in [3.8, 4) is 0 Å². The Balaban J connectivity index is 2.67. The summed E-state index contributed by atoms with van der Waals surface area (Å²) < 4.78 is 1.40. The average molecular weight is 199 g/mol. The first-order valence-corrected chi connectivity index (χ1v) is 4.83. The molecule has 0 aliphatic carbocycles. The lowest BCUT2D eigenvalue weighted by atomic mass is 10.3. The van der Waals surface area contributed by atoms with Gasteiger partial charge < -0.3 is 5.11 Å². The first-order valence-electron chi connectivity index (χ1n) is 3.84. The molecule has 5 nitrogen and oxygen atoms in total. The van der Waals surface area contributed by atoms with Gasteiger partial charge in [0.1, 0.15) is 5.69 Å². The second-order valence-corrected chi connectivity index (χ2v) is 4.14. The number of thioether (sulfide) groups is 1. The van der Waals surface area contributed by atoms with Gasteiger partial charge in [0.25, 0.3) is 5.56 Å². The Morgan fingerprint density at radius 3 is 3.08 bits per heavy atom. The molecule has 0 bridgehead atoms. The van der Waals surface area contributed by atoms with E-state index in [9.17, 15) is 9.90 Å². The highest BCUT2D eigenvalue weighted by Gasteiger charge is 2.34. The van der Waals surface area contributed by atoms with Crippen molar-refractivity contribution < 1.29 is 5.11 Å². The van der Waals surface area contributed by atoms with Crippen LogP contribution < -0.4 is 5.56 Å². The van der Waals surface area contributed by atoms with Gasteiger partial charge in [0.15, 0.2) is 10.9 Å². The number of rotatable bonds is 0. The lowest BCUT2D eigenvalue weighted by molar-refractivity contribution is -0.0111. The molecule has 0 spiro atoms. The lowest BCUT2D eigenvalue weighted by Crippen LogP contribution is -2.33. The summed E-state index contributed by atoms with van der Waals surface area (Å²) in [6, 6.07) is 0. The lowest BCUT2D eigenvalue weighted by Gasteiger charge is -2.17. The summed E-state index contributed by atoms with van der Waals surface area (Å²) >= 11 is 1.34. The van der Waals surface area contributed by atoms with Crippen LogP contribution in [0, 0.1) is 6.92 Å². The number of aromatic nitrogens is 3. The van der Waals surface area contributed by atoms with Crippen LogP contribution in [0.15, 0.2) is 9.95 Å². The Bertz CT molecular complexity index is 413. The molecule has 13 heavy (non-hydrogen) atoms. The summed E-state index contributed by atoms with van der Waals surface area (Å²) in [5.41, 5.74) is -1.03. The molecule has 0 unspecified atom stereocenters. The maximum absolute atomic E-state index is 11.1. The molecule has 1 aliphatic heterocycles. The van der Waals surface area contributed by atoms with Gasteiger partial charge in [0.05, 0.1) is 5.75 Å². The fourth-order valence-electron chi connectivity index (χ4n) is 1.12. The molecule has 1 N–H and O–H groups in total. The van der Waals surface area contributed by atoms with E-state index in [1.807, 2.05) is 0 Å². The van der Waals surface area contributed by atoms with Crippen molar-refractivity contribution in [1.29, 1.82) is 0 Å². The van der Waals surface area contributed by atoms with E-state index >= 15 is 0 Å². The van der Waals surface area contributed by atoms with Crippen LogP contribution in [0.2, 0.25) is 0 Å². The first-order chi connectivity index (χ1) is 6.00. The van der Waals surface area contributed by atoms with E-state index < -0.39 is 5.72 Å². The van der Waals surface area contributed by atoms with E-state index in [-0.39, 0.29) is 5.56 Å². The van der Waals surface area contributed by atoms with Crippen molar-refractivity contribution in [1.82, 2.24) is 14.8 Å². The van der Waals surface area contributed by atoms with Gasteiger partial charge in [-0.1, -0.05) is 11.8 Å². The van der Waals surface area contributed by atoms with Gasteiger partial charge in [-0.3, -0.25) is 4.79 Å². The Hall–Kier alpha value is -0.880. The number of nitrogens with zero attached hydrogens (tertiary/aromatic N) is 3. The third-order valence-electron chi connectivity index (χ3n) is 1.87. The molecule has 0 amide bonds. The van der Waals surface area contributed by atoms with E-state index in [1.54, 1.807) is 13.8 Å². The fraction of sp³-hybridized carbons (Fsp3) is 0.571. The molecule has 1 aromatic rings. The molecule has 0 saturated heterocycles. The third kappa shape index (κ3) is 1.26. The van der Waals surface area contributed by atoms with Crippen LogP contribution in [-0.4, -0.2) is 25.6 Å². The van der Waals surface area contributed by atoms with Crippen molar-refractivity contribution in [2.45, 2.75) is 24.7 Å². The minimum Gasteiger partial charge on any atom is -0.368 e. The largest absolute Gasteiger partial charge is 0.368 e. The minimum atomic E-state index is -1.02. The molecule has 2 rings (SSSR count). The highest BCUT2D eigenvalue weighted by Crippen LogP contribution is 2.31. The van der Waals surface area contributed by atoms with Crippen LogP contribution in [0.5, 0.6) is 0 Å². The van der Waals surface area contributed by atoms with Gasteiger partial charge in [-0.2, -0.15) is 10.1 Å². The number of fused-ring (bicyclic) bond motifs is 1. The van der Waals surface area contributed by atoms with Crippen LogP contribution in [0.3, 0.4) is 0 Å². The van der Waals surface area contributed by atoms with Gasteiger partial charge in [-0.15, -0.1) is 0 Å². The average Bonchev–Trinajstić information content (AvgIpc) is 2.31. The standard InChI is InChI=1S/C7H9N3O2S/c1-4-5(11)8-6-10(9-4)7(2,12)3-13-6/h12H,3H2,1-2H3/t7-/m1/s1. The summed E-state index contributed by atoms with van der Waals surface area (Å²) in [6.45, 7) is 3.23. The zero-order chi connectivity index (χ0) is 9.64. The minimum absolute atomic E-state index is 0.312. The zero-order valence-corrected chi connectivity index (χ0v) is 8.13. The monoisotopic (exact) mass is 199 g/mol. The van der Waals surface area contributed by atoms with Gasteiger partial charge in [-0.25, -0.2) is 4.68 Å². The maximum Gasteiger partial charge on any atom is 0.295 e. The first kappa shape index (κ1) is 8.71. The fourth-order valence-corrected chi connectivity index (χ4v) is 2.15. The Labute approximate surface area is 78.8 Å². The second-order valence-electron chi connectivity index (χ2n) is 3.20. The molecule has 2 heterocycles. The van der Waals surface area contributed by atoms with E-state index in [0.29, 0.717) is 16.6 Å². The van der Waals surface area contributed by atoms with Crippen LogP contribution >= 0.6 is 11.8 Å². The van der Waals surface area contributed by atoms with Crippen LogP contribution in [0.25, 0.3) is 0 Å². The van der Waals surface area contributed by atoms with E-state index in [1.165, 1.54) is 16.4 Å². The van der Waals surface area contributed by atoms with Crippen molar-refractivity contribution in [2.75, 3.05) is 5.75 Å². The molecule has 70 valence electrons.